The molecule has 1 amide bonds. The van der Waals surface area contributed by atoms with Crippen LogP contribution in [0.3, 0.4) is 0 Å². The van der Waals surface area contributed by atoms with Gasteiger partial charge in [0.1, 0.15) is 23.2 Å². The van der Waals surface area contributed by atoms with Crippen LogP contribution in [-0.2, 0) is 0 Å². The first kappa shape index (κ1) is 20.4. The van der Waals surface area contributed by atoms with Gasteiger partial charge < -0.3 is 15.2 Å². The lowest BCUT2D eigenvalue weighted by molar-refractivity contribution is 0.0995. The Morgan fingerprint density at radius 2 is 1.79 bits per heavy atom. The maximum absolute atomic E-state index is 11.4. The molecular formula is C26H20N4O3. The lowest BCUT2D eigenvalue weighted by atomic mass is 10.0. The average molecular weight is 436 g/mol. The molecule has 4 aromatic rings. The molecule has 0 aliphatic carbocycles. The Labute approximate surface area is 190 Å². The predicted octanol–water partition coefficient (Wildman–Crippen LogP) is 4.84. The number of amides is 1. The molecule has 2 aromatic heterocycles. The highest BCUT2D eigenvalue weighted by molar-refractivity contribution is 5.91. The number of methoxy groups -OCH3 is 1. The molecular weight excluding hydrogens is 416 g/mol. The number of nitrogens with zero attached hydrogens (tertiary/aromatic N) is 3. The van der Waals surface area contributed by atoms with Gasteiger partial charge in [0, 0.05) is 29.6 Å². The van der Waals surface area contributed by atoms with E-state index in [0.717, 1.165) is 22.3 Å². The number of primary amides is 1. The second kappa shape index (κ2) is 8.55. The van der Waals surface area contributed by atoms with Crippen molar-refractivity contribution in [1.29, 1.82) is 0 Å². The lowest BCUT2D eigenvalue weighted by Crippen LogP contribution is -2.12. The van der Waals surface area contributed by atoms with Gasteiger partial charge in [-0.05, 0) is 65.7 Å². The minimum atomic E-state index is -0.558. The largest absolute Gasteiger partial charge is 0.481 e. The van der Waals surface area contributed by atoms with Gasteiger partial charge in [-0.3, -0.25) is 9.79 Å². The molecule has 0 fully saturated rings. The van der Waals surface area contributed by atoms with Crippen LogP contribution < -0.4 is 15.2 Å². The molecule has 3 heterocycles. The van der Waals surface area contributed by atoms with Crippen LogP contribution in [0.15, 0.2) is 84.0 Å². The fourth-order valence-electron chi connectivity index (χ4n) is 3.50. The average Bonchev–Trinajstić information content (AvgIpc) is 3.70. The van der Waals surface area contributed by atoms with Crippen molar-refractivity contribution in [1.82, 2.24) is 9.97 Å². The van der Waals surface area contributed by atoms with E-state index in [2.05, 4.69) is 21.0 Å². The van der Waals surface area contributed by atoms with Crippen molar-refractivity contribution in [3.05, 3.63) is 90.3 Å². The number of aliphatic imine (C=N–C) groups is 1. The third kappa shape index (κ3) is 4.43. The second-order valence-electron chi connectivity index (χ2n) is 7.48. The number of hydrogen-bond acceptors (Lipinski definition) is 6. The van der Waals surface area contributed by atoms with Gasteiger partial charge >= 0.3 is 0 Å². The SMILES string of the molecule is COc1cc(-c2cc(C3C=N3)ccc2Oc2ccc(-c3cccc(C(N)=O)n3)cc2)ccn1. The molecule has 0 radical (unpaired) electrons. The summed E-state index contributed by atoms with van der Waals surface area (Å²) in [6.45, 7) is 0. The van der Waals surface area contributed by atoms with E-state index >= 15 is 0 Å². The number of ether oxygens (including phenoxy) is 2. The standard InChI is InChI=1S/C26H20N4O3/c1-32-25-14-17(11-12-28-25)20-13-18(23-15-29-23)7-10-24(20)33-19-8-5-16(6-9-19)21-3-2-4-22(30-21)26(27)31/h2-15,23H,1H3,(H2,27,31). The molecule has 7 nitrogen and oxygen atoms in total. The number of carbonyl (C=O) groups excluding carboxylic acids is 1. The second-order valence-corrected chi connectivity index (χ2v) is 7.48. The Kier molecular flexibility index (Phi) is 5.28. The zero-order valence-corrected chi connectivity index (χ0v) is 17.8. The van der Waals surface area contributed by atoms with E-state index in [9.17, 15) is 4.79 Å². The predicted molar refractivity (Wildman–Crippen MR) is 126 cm³/mol. The quantitative estimate of drug-likeness (QED) is 0.447. The Hall–Kier alpha value is -4.52. The number of nitrogens with two attached hydrogens (primary N) is 1. The van der Waals surface area contributed by atoms with Crippen molar-refractivity contribution in [2.24, 2.45) is 10.7 Å². The third-order valence-electron chi connectivity index (χ3n) is 5.28. The van der Waals surface area contributed by atoms with Gasteiger partial charge in [0.05, 0.1) is 12.8 Å². The summed E-state index contributed by atoms with van der Waals surface area (Å²) in [7, 11) is 1.59. The molecule has 33 heavy (non-hydrogen) atoms. The summed E-state index contributed by atoms with van der Waals surface area (Å²) in [5.74, 6) is 1.34. The Morgan fingerprint density at radius 3 is 2.52 bits per heavy atom. The fraction of sp³-hybridized carbons (Fsp3) is 0.0769. The van der Waals surface area contributed by atoms with Crippen LogP contribution in [0.5, 0.6) is 17.4 Å². The molecule has 1 aliphatic rings. The number of hydrogen-bond donors (Lipinski definition) is 1. The van der Waals surface area contributed by atoms with Crippen molar-refractivity contribution in [3.8, 4) is 39.8 Å². The zero-order valence-electron chi connectivity index (χ0n) is 17.8. The summed E-state index contributed by atoms with van der Waals surface area (Å²) in [5.41, 5.74) is 10.0. The molecule has 0 spiro atoms. The van der Waals surface area contributed by atoms with Crippen LogP contribution in [0.2, 0.25) is 0 Å². The molecule has 1 unspecified atom stereocenters. The summed E-state index contributed by atoms with van der Waals surface area (Å²) < 4.78 is 11.5. The maximum Gasteiger partial charge on any atom is 0.267 e. The van der Waals surface area contributed by atoms with E-state index in [1.165, 1.54) is 0 Å². The van der Waals surface area contributed by atoms with E-state index < -0.39 is 5.91 Å². The molecule has 2 N–H and O–H groups in total. The number of pyridine rings is 2. The van der Waals surface area contributed by atoms with Crippen molar-refractivity contribution < 1.29 is 14.3 Å². The Bertz CT molecular complexity index is 1360. The van der Waals surface area contributed by atoms with Gasteiger partial charge in [-0.25, -0.2) is 9.97 Å². The van der Waals surface area contributed by atoms with Crippen molar-refractivity contribution in [2.75, 3.05) is 7.11 Å². The van der Waals surface area contributed by atoms with Gasteiger partial charge in [0.2, 0.25) is 5.88 Å². The summed E-state index contributed by atoms with van der Waals surface area (Å²) in [5, 5.41) is 0. The van der Waals surface area contributed by atoms with Crippen molar-refractivity contribution in [3.63, 3.8) is 0 Å². The summed E-state index contributed by atoms with van der Waals surface area (Å²) in [6.07, 6.45) is 3.62. The zero-order chi connectivity index (χ0) is 22.8. The molecule has 7 heteroatoms. The normalized spacial score (nSPS) is 14.0. The lowest BCUT2D eigenvalue weighted by Gasteiger charge is -2.14. The molecule has 162 valence electrons. The minimum Gasteiger partial charge on any atom is -0.481 e. The molecule has 1 atom stereocenters. The van der Waals surface area contributed by atoms with Crippen LogP contribution in [0.25, 0.3) is 22.4 Å². The van der Waals surface area contributed by atoms with E-state index in [0.29, 0.717) is 23.1 Å². The van der Waals surface area contributed by atoms with Crippen LogP contribution in [0.1, 0.15) is 22.1 Å². The smallest absolute Gasteiger partial charge is 0.267 e. The van der Waals surface area contributed by atoms with Gasteiger partial charge in [0.15, 0.2) is 0 Å². The summed E-state index contributed by atoms with van der Waals surface area (Å²) >= 11 is 0. The van der Waals surface area contributed by atoms with Gasteiger partial charge in [0.25, 0.3) is 5.91 Å². The van der Waals surface area contributed by atoms with E-state index in [1.54, 1.807) is 25.4 Å². The monoisotopic (exact) mass is 436 g/mol. The fourth-order valence-corrected chi connectivity index (χ4v) is 3.50. The number of aromatic nitrogens is 2. The molecule has 2 aromatic carbocycles. The molecule has 0 saturated heterocycles. The van der Waals surface area contributed by atoms with Crippen LogP contribution in [0, 0.1) is 0 Å². The van der Waals surface area contributed by atoms with E-state index in [4.69, 9.17) is 15.2 Å². The first-order valence-electron chi connectivity index (χ1n) is 10.3. The van der Waals surface area contributed by atoms with Crippen molar-refractivity contribution >= 4 is 12.1 Å². The highest BCUT2D eigenvalue weighted by Crippen LogP contribution is 2.38. The molecule has 1 aliphatic heterocycles. The highest BCUT2D eigenvalue weighted by Gasteiger charge is 2.19. The molecule has 0 saturated carbocycles. The van der Waals surface area contributed by atoms with Gasteiger partial charge in [-0.1, -0.05) is 12.1 Å². The maximum atomic E-state index is 11.4. The van der Waals surface area contributed by atoms with E-state index in [-0.39, 0.29) is 11.7 Å². The minimum absolute atomic E-state index is 0.129. The first-order chi connectivity index (χ1) is 16.1. The molecule has 0 bridgehead atoms. The first-order valence-corrected chi connectivity index (χ1v) is 10.3. The van der Waals surface area contributed by atoms with E-state index in [1.807, 2.05) is 60.8 Å². The molecule has 5 rings (SSSR count). The topological polar surface area (TPSA) is 99.7 Å². The van der Waals surface area contributed by atoms with Crippen molar-refractivity contribution in [2.45, 2.75) is 6.04 Å². The highest BCUT2D eigenvalue weighted by atomic mass is 16.5. The number of benzene rings is 2. The van der Waals surface area contributed by atoms with Gasteiger partial charge in [-0.15, -0.1) is 0 Å². The number of carbonyl (C=O) groups is 1. The van der Waals surface area contributed by atoms with Gasteiger partial charge in [-0.2, -0.15) is 0 Å². The summed E-state index contributed by atoms with van der Waals surface area (Å²) in [6, 6.07) is 22.7. The van der Waals surface area contributed by atoms with Crippen LogP contribution in [-0.4, -0.2) is 29.2 Å². The van der Waals surface area contributed by atoms with Crippen LogP contribution in [0.4, 0.5) is 0 Å². The Balaban J connectivity index is 1.45. The van der Waals surface area contributed by atoms with Crippen LogP contribution >= 0.6 is 0 Å². The third-order valence-corrected chi connectivity index (χ3v) is 5.28. The summed E-state index contributed by atoms with van der Waals surface area (Å²) in [4.78, 5) is 24.2. The Morgan fingerprint density at radius 1 is 0.970 bits per heavy atom. The number of rotatable bonds is 7.